The summed E-state index contributed by atoms with van der Waals surface area (Å²) in [5.74, 6) is 1.29. The molecule has 0 radical (unpaired) electrons. The van der Waals surface area contributed by atoms with Crippen molar-refractivity contribution in [3.8, 4) is 0 Å². The average Bonchev–Trinajstić information content (AvgIpc) is 2.87. The molecule has 8 nitrogen and oxygen atoms in total. The Morgan fingerprint density at radius 1 is 1.07 bits per heavy atom. The molecule has 0 aliphatic rings. The molecule has 8 heteroatoms. The molecule has 0 saturated carbocycles. The van der Waals surface area contributed by atoms with E-state index >= 15 is 0 Å². The number of aromatic nitrogens is 3. The van der Waals surface area contributed by atoms with Crippen LogP contribution in [-0.4, -0.2) is 20.9 Å². The van der Waals surface area contributed by atoms with Crippen molar-refractivity contribution < 1.29 is 13.9 Å². The summed E-state index contributed by atoms with van der Waals surface area (Å²) in [7, 11) is 0. The molecule has 1 aromatic carbocycles. The zero-order chi connectivity index (χ0) is 19.6. The molecule has 0 fully saturated rings. The third kappa shape index (κ3) is 4.22. The number of hydrogen-bond acceptors (Lipinski definition) is 8. The molecule has 3 N–H and O–H groups in total. The van der Waals surface area contributed by atoms with Crippen LogP contribution in [0, 0.1) is 27.7 Å². The van der Waals surface area contributed by atoms with E-state index in [1.165, 1.54) is 0 Å². The van der Waals surface area contributed by atoms with Crippen molar-refractivity contribution in [3.63, 3.8) is 0 Å². The van der Waals surface area contributed by atoms with Gasteiger partial charge in [-0.15, -0.1) is 0 Å². The van der Waals surface area contributed by atoms with E-state index < -0.39 is 5.97 Å². The smallest absolute Gasteiger partial charge is 0.342 e. The van der Waals surface area contributed by atoms with Crippen LogP contribution in [0.4, 0.5) is 17.6 Å². The highest BCUT2D eigenvalue weighted by molar-refractivity contribution is 5.92. The Balaban J connectivity index is 1.72. The first-order valence-corrected chi connectivity index (χ1v) is 8.41. The minimum absolute atomic E-state index is 0.0391. The zero-order valence-electron chi connectivity index (χ0n) is 15.7. The van der Waals surface area contributed by atoms with Gasteiger partial charge in [-0.25, -0.2) is 4.79 Å². The summed E-state index contributed by atoms with van der Waals surface area (Å²) in [4.78, 5) is 24.7. The van der Waals surface area contributed by atoms with Gasteiger partial charge in [0.25, 0.3) is 0 Å². The predicted octanol–water partition coefficient (Wildman–Crippen LogP) is 3.38. The highest BCUT2D eigenvalue weighted by Crippen LogP contribution is 2.22. The Morgan fingerprint density at radius 2 is 1.78 bits per heavy atom. The van der Waals surface area contributed by atoms with Crippen LogP contribution in [0.1, 0.15) is 38.8 Å². The number of ether oxygens (including phenoxy) is 1. The normalized spacial score (nSPS) is 10.7. The van der Waals surface area contributed by atoms with Crippen LogP contribution >= 0.6 is 0 Å². The number of nitrogens with zero attached hydrogens (tertiary/aromatic N) is 3. The second-order valence-corrected chi connectivity index (χ2v) is 6.22. The molecule has 27 heavy (non-hydrogen) atoms. The molecule has 0 aliphatic heterocycles. The summed E-state index contributed by atoms with van der Waals surface area (Å²) >= 11 is 0. The van der Waals surface area contributed by atoms with Gasteiger partial charge in [0, 0.05) is 11.3 Å². The molecule has 0 aliphatic carbocycles. The number of carbonyl (C=O) groups excluding carboxylic acids is 1. The second kappa shape index (κ2) is 7.45. The predicted molar refractivity (Wildman–Crippen MR) is 101 cm³/mol. The summed E-state index contributed by atoms with van der Waals surface area (Å²) in [5, 5.41) is 3.06. The minimum Gasteiger partial charge on any atom is -0.465 e. The zero-order valence-corrected chi connectivity index (χ0v) is 15.7. The Hall–Kier alpha value is -3.42. The number of rotatable bonds is 5. The number of anilines is 3. The molecular weight excluding hydrogens is 346 g/mol. The van der Waals surface area contributed by atoms with Crippen molar-refractivity contribution in [2.75, 3.05) is 11.1 Å². The van der Waals surface area contributed by atoms with Gasteiger partial charge in [0.1, 0.15) is 17.1 Å². The molecule has 0 spiro atoms. The molecule has 2 heterocycles. The monoisotopic (exact) mass is 367 g/mol. The van der Waals surface area contributed by atoms with Crippen molar-refractivity contribution in [2.45, 2.75) is 34.3 Å². The van der Waals surface area contributed by atoms with Gasteiger partial charge in [-0.3, -0.25) is 0 Å². The fourth-order valence-electron chi connectivity index (χ4n) is 2.62. The van der Waals surface area contributed by atoms with E-state index in [2.05, 4.69) is 20.3 Å². The van der Waals surface area contributed by atoms with Crippen LogP contribution in [0.5, 0.6) is 0 Å². The Labute approximate surface area is 156 Å². The number of aryl methyl sites for hydroxylation is 3. The quantitative estimate of drug-likeness (QED) is 0.659. The molecule has 0 saturated heterocycles. The van der Waals surface area contributed by atoms with Gasteiger partial charge < -0.3 is 20.2 Å². The van der Waals surface area contributed by atoms with Gasteiger partial charge >= 0.3 is 5.97 Å². The number of furan rings is 1. The van der Waals surface area contributed by atoms with Crippen LogP contribution in [0.15, 0.2) is 28.7 Å². The van der Waals surface area contributed by atoms with E-state index in [0.29, 0.717) is 17.1 Å². The molecule has 0 amide bonds. The molecule has 140 valence electrons. The number of esters is 1. The molecule has 2 aromatic heterocycles. The second-order valence-electron chi connectivity index (χ2n) is 6.22. The minimum atomic E-state index is -0.492. The number of nitrogens with one attached hydrogen (secondary N) is 1. The molecule has 3 rings (SSSR count). The molecule has 0 atom stereocenters. The Morgan fingerprint density at radius 3 is 2.41 bits per heavy atom. The maximum absolute atomic E-state index is 12.4. The van der Waals surface area contributed by atoms with Crippen molar-refractivity contribution in [2.24, 2.45) is 0 Å². The number of carbonyl (C=O) groups is 1. The van der Waals surface area contributed by atoms with Crippen molar-refractivity contribution in [3.05, 3.63) is 58.3 Å². The van der Waals surface area contributed by atoms with E-state index in [1.807, 2.05) is 38.1 Å². The largest absolute Gasteiger partial charge is 0.465 e. The topological polar surface area (TPSA) is 116 Å². The van der Waals surface area contributed by atoms with Crippen LogP contribution in [0.25, 0.3) is 0 Å². The lowest BCUT2D eigenvalue weighted by Crippen LogP contribution is -2.12. The van der Waals surface area contributed by atoms with Crippen molar-refractivity contribution in [1.29, 1.82) is 0 Å². The number of benzene rings is 1. The van der Waals surface area contributed by atoms with Gasteiger partial charge in [-0.2, -0.15) is 15.0 Å². The van der Waals surface area contributed by atoms with Crippen LogP contribution in [0.3, 0.4) is 0 Å². The summed E-state index contributed by atoms with van der Waals surface area (Å²) in [6, 6.07) is 7.74. The summed E-state index contributed by atoms with van der Waals surface area (Å²) in [6.07, 6.45) is 0. The lowest BCUT2D eigenvalue weighted by molar-refractivity contribution is 0.0459. The fraction of sp³-hybridized carbons (Fsp3) is 0.263. The molecule has 3 aromatic rings. The van der Waals surface area contributed by atoms with Crippen LogP contribution in [0.2, 0.25) is 0 Å². The molecule has 0 bridgehead atoms. The van der Waals surface area contributed by atoms with Gasteiger partial charge in [-0.05, 0) is 39.8 Å². The summed E-state index contributed by atoms with van der Waals surface area (Å²) < 4.78 is 10.8. The molecular formula is C19H21N5O3. The van der Waals surface area contributed by atoms with Gasteiger partial charge in [0.2, 0.25) is 11.9 Å². The van der Waals surface area contributed by atoms with E-state index in [1.54, 1.807) is 13.8 Å². The average molecular weight is 367 g/mol. The van der Waals surface area contributed by atoms with E-state index in [0.717, 1.165) is 16.8 Å². The third-order valence-corrected chi connectivity index (χ3v) is 4.10. The number of nitrogens with two attached hydrogens (primary N) is 1. The third-order valence-electron chi connectivity index (χ3n) is 4.10. The first-order chi connectivity index (χ1) is 12.8. The standard InChI is InChI=1S/C19H21N5O3/c1-10-5-7-14(8-6-10)21-19-23-15(22-18(20)24-19)9-26-17(25)16-11(2)12(3)27-13(16)4/h5-8H,9H2,1-4H3,(H3,20,21,22,23,24). The van der Waals surface area contributed by atoms with Crippen LogP contribution < -0.4 is 11.1 Å². The maximum Gasteiger partial charge on any atom is 0.342 e. The van der Waals surface area contributed by atoms with Gasteiger partial charge in [0.05, 0.1) is 0 Å². The first-order valence-electron chi connectivity index (χ1n) is 8.41. The van der Waals surface area contributed by atoms with E-state index in [-0.39, 0.29) is 24.3 Å². The van der Waals surface area contributed by atoms with Gasteiger partial charge in [0.15, 0.2) is 12.4 Å². The van der Waals surface area contributed by atoms with E-state index in [9.17, 15) is 4.79 Å². The van der Waals surface area contributed by atoms with Crippen LogP contribution in [-0.2, 0) is 11.3 Å². The lowest BCUT2D eigenvalue weighted by Gasteiger charge is -2.08. The fourth-order valence-corrected chi connectivity index (χ4v) is 2.62. The highest BCUT2D eigenvalue weighted by atomic mass is 16.5. The lowest BCUT2D eigenvalue weighted by atomic mass is 10.1. The number of nitrogen functional groups attached to an aromatic ring is 1. The van der Waals surface area contributed by atoms with Crippen molar-refractivity contribution >= 4 is 23.6 Å². The highest BCUT2D eigenvalue weighted by Gasteiger charge is 2.20. The number of hydrogen-bond donors (Lipinski definition) is 2. The SMILES string of the molecule is Cc1ccc(Nc2nc(N)nc(COC(=O)c3c(C)oc(C)c3C)n2)cc1. The first kappa shape index (κ1) is 18.4. The summed E-state index contributed by atoms with van der Waals surface area (Å²) in [5.41, 5.74) is 8.89. The Bertz CT molecular complexity index is 980. The van der Waals surface area contributed by atoms with Gasteiger partial charge in [-0.1, -0.05) is 17.7 Å². The van der Waals surface area contributed by atoms with E-state index in [4.69, 9.17) is 14.9 Å². The molecule has 0 unspecified atom stereocenters. The summed E-state index contributed by atoms with van der Waals surface area (Å²) in [6.45, 7) is 7.21. The Kier molecular flexibility index (Phi) is 5.07. The maximum atomic E-state index is 12.4. The van der Waals surface area contributed by atoms with Crippen molar-refractivity contribution in [1.82, 2.24) is 15.0 Å².